The summed E-state index contributed by atoms with van der Waals surface area (Å²) in [5.41, 5.74) is 0. The number of allylic oxidation sites excluding steroid dienone is 20. The molecule has 1 unspecified atom stereocenters. The molecule has 0 aliphatic carbocycles. The van der Waals surface area contributed by atoms with Gasteiger partial charge in [-0.2, -0.15) is 0 Å². The molecule has 0 saturated carbocycles. The molecule has 6 heteroatoms. The number of esters is 3. The van der Waals surface area contributed by atoms with Gasteiger partial charge >= 0.3 is 17.9 Å². The molecule has 0 aliphatic rings. The largest absolute Gasteiger partial charge is 0.462 e. The summed E-state index contributed by atoms with van der Waals surface area (Å²) in [7, 11) is 0. The Morgan fingerprint density at radius 2 is 0.667 bits per heavy atom. The van der Waals surface area contributed by atoms with E-state index in [1.807, 2.05) is 24.3 Å². The van der Waals surface area contributed by atoms with E-state index in [0.717, 1.165) is 103 Å². The summed E-state index contributed by atoms with van der Waals surface area (Å²) in [6.07, 6.45) is 77.7. The average molecular weight is 956 g/mol. The van der Waals surface area contributed by atoms with Gasteiger partial charge in [-0.25, -0.2) is 0 Å². The van der Waals surface area contributed by atoms with Gasteiger partial charge in [0, 0.05) is 19.3 Å². The molecular formula is C63H102O6. The predicted octanol–water partition coefficient (Wildman–Crippen LogP) is 18.9. The van der Waals surface area contributed by atoms with Crippen LogP contribution in [0.15, 0.2) is 122 Å². The summed E-state index contributed by atoms with van der Waals surface area (Å²) >= 11 is 0. The van der Waals surface area contributed by atoms with Gasteiger partial charge in [0.25, 0.3) is 0 Å². The fourth-order valence-electron chi connectivity index (χ4n) is 7.42. The summed E-state index contributed by atoms with van der Waals surface area (Å²) in [4.78, 5) is 38.1. The van der Waals surface area contributed by atoms with Crippen molar-refractivity contribution >= 4 is 17.9 Å². The van der Waals surface area contributed by atoms with Gasteiger partial charge in [0.1, 0.15) is 13.2 Å². The Kier molecular flexibility index (Phi) is 53.0. The number of rotatable bonds is 49. The fourth-order valence-corrected chi connectivity index (χ4v) is 7.42. The Morgan fingerprint density at radius 1 is 0.319 bits per heavy atom. The van der Waals surface area contributed by atoms with E-state index in [1.54, 1.807) is 0 Å². The Bertz CT molecular complexity index is 1470. The minimum atomic E-state index is -0.820. The first-order valence-corrected chi connectivity index (χ1v) is 28.1. The van der Waals surface area contributed by atoms with Crippen molar-refractivity contribution in [1.29, 1.82) is 0 Å². The number of ether oxygens (including phenoxy) is 3. The van der Waals surface area contributed by atoms with Crippen LogP contribution in [0.2, 0.25) is 0 Å². The molecule has 6 nitrogen and oxygen atoms in total. The topological polar surface area (TPSA) is 78.9 Å². The Morgan fingerprint density at radius 3 is 1.12 bits per heavy atom. The summed E-state index contributed by atoms with van der Waals surface area (Å²) < 4.78 is 16.8. The third kappa shape index (κ3) is 54.6. The number of unbranched alkanes of at least 4 members (excludes halogenated alkanes) is 21. The normalized spacial score (nSPS) is 13.0. The smallest absolute Gasteiger partial charge is 0.306 e. The standard InChI is InChI=1S/C63H102O6/c1-4-7-10-13-16-19-22-25-28-30-31-33-35-38-41-44-47-50-53-56-62(65)68-59-60(58-67-61(64)55-52-49-46-43-40-37-34-27-24-21-18-15-12-9-6-3)69-63(66)57-54-51-48-45-42-39-36-32-29-26-23-20-17-14-11-8-5-2/h7,9-10,12,15-16,18-19,21,24-25,27-28,31,33-34,38,41,47,50,60H,4-6,8,11,13-14,17,20,22-23,26,29-30,32,35-37,39-40,42-46,48-49,51-59H2,1-3H3/b10-7-,12-9-,18-15-,19-16-,24-21-,28-25-,33-31-,34-27-,41-38-,50-47-. The molecular weight excluding hydrogens is 853 g/mol. The predicted molar refractivity (Wildman–Crippen MR) is 297 cm³/mol. The fraction of sp³-hybridized carbons (Fsp3) is 0.635. The summed E-state index contributed by atoms with van der Waals surface area (Å²) in [5.74, 6) is -1.02. The highest BCUT2D eigenvalue weighted by molar-refractivity contribution is 5.71. The van der Waals surface area contributed by atoms with Gasteiger partial charge in [-0.1, -0.05) is 264 Å². The van der Waals surface area contributed by atoms with Crippen molar-refractivity contribution in [3.05, 3.63) is 122 Å². The highest BCUT2D eigenvalue weighted by Crippen LogP contribution is 2.15. The molecule has 0 radical (unpaired) electrons. The first-order valence-electron chi connectivity index (χ1n) is 28.1. The monoisotopic (exact) mass is 955 g/mol. The molecule has 0 fully saturated rings. The van der Waals surface area contributed by atoms with Crippen LogP contribution in [0.3, 0.4) is 0 Å². The van der Waals surface area contributed by atoms with E-state index in [-0.39, 0.29) is 37.5 Å². The zero-order chi connectivity index (χ0) is 50.0. The van der Waals surface area contributed by atoms with Crippen LogP contribution in [-0.4, -0.2) is 37.2 Å². The van der Waals surface area contributed by atoms with Crippen LogP contribution >= 0.6 is 0 Å². The molecule has 1 atom stereocenters. The van der Waals surface area contributed by atoms with Crippen LogP contribution in [-0.2, 0) is 28.6 Å². The van der Waals surface area contributed by atoms with Crippen LogP contribution < -0.4 is 0 Å². The van der Waals surface area contributed by atoms with Crippen LogP contribution in [0.1, 0.15) is 239 Å². The van der Waals surface area contributed by atoms with Crippen LogP contribution in [0, 0.1) is 0 Å². The van der Waals surface area contributed by atoms with Gasteiger partial charge in [0.05, 0.1) is 0 Å². The zero-order valence-electron chi connectivity index (χ0n) is 44.5. The van der Waals surface area contributed by atoms with Gasteiger partial charge < -0.3 is 14.2 Å². The summed E-state index contributed by atoms with van der Waals surface area (Å²) in [5, 5.41) is 0. The number of carbonyl (C=O) groups excluding carboxylic acids is 3. The van der Waals surface area contributed by atoms with Crippen LogP contribution in [0.25, 0.3) is 0 Å². The molecule has 69 heavy (non-hydrogen) atoms. The highest BCUT2D eigenvalue weighted by atomic mass is 16.6. The third-order valence-electron chi connectivity index (χ3n) is 11.6. The molecule has 0 aromatic heterocycles. The number of hydrogen-bond donors (Lipinski definition) is 0. The Labute approximate surface area is 424 Å². The molecule has 0 aromatic carbocycles. The van der Waals surface area contributed by atoms with E-state index in [9.17, 15) is 14.4 Å². The first-order chi connectivity index (χ1) is 34.0. The van der Waals surface area contributed by atoms with E-state index in [2.05, 4.69) is 118 Å². The van der Waals surface area contributed by atoms with Crippen molar-refractivity contribution in [2.75, 3.05) is 13.2 Å². The highest BCUT2D eigenvalue weighted by Gasteiger charge is 2.19. The van der Waals surface area contributed by atoms with E-state index in [0.29, 0.717) is 19.3 Å². The van der Waals surface area contributed by atoms with E-state index in [1.165, 1.54) is 89.9 Å². The molecule has 390 valence electrons. The molecule has 0 aromatic rings. The zero-order valence-corrected chi connectivity index (χ0v) is 44.5. The minimum Gasteiger partial charge on any atom is -0.462 e. The van der Waals surface area contributed by atoms with Gasteiger partial charge in [0.15, 0.2) is 6.10 Å². The SMILES string of the molecule is CC\C=C/C=C\C=C/C=C\CCCCCCCC(=O)OCC(COC(=O)CC/C=C\C/C=C\C/C=C\C/C=C\C/C=C\C/C=C\CC)OC(=O)CCCCCCCCCCCCCCCCCCC. The second-order valence-electron chi connectivity index (χ2n) is 18.2. The maximum Gasteiger partial charge on any atom is 0.306 e. The second-order valence-corrected chi connectivity index (χ2v) is 18.2. The lowest BCUT2D eigenvalue weighted by molar-refractivity contribution is -0.166. The van der Waals surface area contributed by atoms with Gasteiger partial charge in [-0.3, -0.25) is 14.4 Å². The molecule has 0 spiro atoms. The maximum absolute atomic E-state index is 12.9. The minimum absolute atomic E-state index is 0.115. The van der Waals surface area contributed by atoms with E-state index in [4.69, 9.17) is 14.2 Å². The van der Waals surface area contributed by atoms with Crippen molar-refractivity contribution in [3.63, 3.8) is 0 Å². The summed E-state index contributed by atoms with van der Waals surface area (Å²) in [6, 6.07) is 0. The Hall–Kier alpha value is -4.19. The van der Waals surface area contributed by atoms with Gasteiger partial charge in [0.2, 0.25) is 0 Å². The molecule has 0 saturated heterocycles. The lowest BCUT2D eigenvalue weighted by Gasteiger charge is -2.18. The van der Waals surface area contributed by atoms with Crippen LogP contribution in [0.4, 0.5) is 0 Å². The van der Waals surface area contributed by atoms with Crippen molar-refractivity contribution in [1.82, 2.24) is 0 Å². The quantitative estimate of drug-likeness (QED) is 0.0199. The molecule has 0 rings (SSSR count). The Balaban J connectivity index is 4.53. The summed E-state index contributed by atoms with van der Waals surface area (Å²) in [6.45, 7) is 6.31. The van der Waals surface area contributed by atoms with Crippen molar-refractivity contribution < 1.29 is 28.6 Å². The van der Waals surface area contributed by atoms with Gasteiger partial charge in [-0.05, 0) is 77.0 Å². The molecule has 0 N–H and O–H groups in total. The molecule has 0 bridgehead atoms. The van der Waals surface area contributed by atoms with Crippen LogP contribution in [0.5, 0.6) is 0 Å². The van der Waals surface area contributed by atoms with E-state index < -0.39 is 6.10 Å². The average Bonchev–Trinajstić information content (AvgIpc) is 3.35. The van der Waals surface area contributed by atoms with Crippen molar-refractivity contribution in [2.24, 2.45) is 0 Å². The third-order valence-corrected chi connectivity index (χ3v) is 11.6. The lowest BCUT2D eigenvalue weighted by Crippen LogP contribution is -2.30. The number of hydrogen-bond acceptors (Lipinski definition) is 6. The molecule has 0 heterocycles. The lowest BCUT2D eigenvalue weighted by atomic mass is 10.0. The molecule has 0 aliphatic heterocycles. The first kappa shape index (κ1) is 64.8. The maximum atomic E-state index is 12.9. The van der Waals surface area contributed by atoms with Crippen molar-refractivity contribution in [3.8, 4) is 0 Å². The van der Waals surface area contributed by atoms with E-state index >= 15 is 0 Å². The second kappa shape index (κ2) is 56.4. The van der Waals surface area contributed by atoms with Gasteiger partial charge in [-0.15, -0.1) is 0 Å². The molecule has 0 amide bonds. The van der Waals surface area contributed by atoms with Crippen molar-refractivity contribution in [2.45, 2.75) is 245 Å². The number of carbonyl (C=O) groups is 3.